The fraction of sp³-hybridized carbons (Fsp3) is 0.188. The number of nitrogens with one attached hydrogen (secondary N) is 2. The minimum absolute atomic E-state index is 0.126. The highest BCUT2D eigenvalue weighted by atomic mass is 16.3. The molecule has 2 rings (SSSR count). The highest BCUT2D eigenvalue weighted by Crippen LogP contribution is 2.15. The number of hydrazone groups is 1. The molecule has 22 heavy (non-hydrogen) atoms. The molecule has 1 aromatic carbocycles. The zero-order chi connectivity index (χ0) is 15.8. The van der Waals surface area contributed by atoms with Crippen LogP contribution < -0.4 is 10.7 Å². The molecule has 2 aromatic rings. The lowest BCUT2D eigenvalue weighted by atomic mass is 10.1. The van der Waals surface area contributed by atoms with E-state index in [1.165, 1.54) is 0 Å². The Morgan fingerprint density at radius 3 is 2.73 bits per heavy atom. The third kappa shape index (κ3) is 4.59. The number of pyridine rings is 1. The minimum atomic E-state index is -0.397. The van der Waals surface area contributed by atoms with E-state index in [1.807, 2.05) is 18.2 Å². The van der Waals surface area contributed by atoms with Gasteiger partial charge in [-0.15, -0.1) is 0 Å². The van der Waals surface area contributed by atoms with Crippen LogP contribution in [-0.2, 0) is 6.42 Å². The average molecular weight is 298 g/mol. The second-order valence-corrected chi connectivity index (χ2v) is 4.65. The summed E-state index contributed by atoms with van der Waals surface area (Å²) < 4.78 is 0. The first-order chi connectivity index (χ1) is 10.7. The van der Waals surface area contributed by atoms with Crippen molar-refractivity contribution in [2.45, 2.75) is 13.3 Å². The van der Waals surface area contributed by atoms with Gasteiger partial charge < -0.3 is 10.4 Å². The Hall–Kier alpha value is -2.89. The first-order valence-corrected chi connectivity index (χ1v) is 6.93. The number of benzene rings is 1. The molecular weight excluding hydrogens is 280 g/mol. The zero-order valence-corrected chi connectivity index (χ0v) is 12.3. The first kappa shape index (κ1) is 15.5. The minimum Gasteiger partial charge on any atom is -0.507 e. The predicted octanol–water partition coefficient (Wildman–Crippen LogP) is 2.05. The maximum atomic E-state index is 11.6. The third-order valence-corrected chi connectivity index (χ3v) is 3.01. The van der Waals surface area contributed by atoms with Gasteiger partial charge in [0.15, 0.2) is 0 Å². The van der Waals surface area contributed by atoms with Gasteiger partial charge in [-0.05, 0) is 31.2 Å². The second-order valence-electron chi connectivity index (χ2n) is 4.65. The lowest BCUT2D eigenvalue weighted by Crippen LogP contribution is -2.34. The van der Waals surface area contributed by atoms with Crippen molar-refractivity contribution in [3.05, 3.63) is 59.9 Å². The van der Waals surface area contributed by atoms with Crippen LogP contribution in [0.1, 0.15) is 18.2 Å². The summed E-state index contributed by atoms with van der Waals surface area (Å²) in [5.74, 6) is 0.126. The molecule has 0 radical (unpaired) electrons. The van der Waals surface area contributed by atoms with E-state index < -0.39 is 6.03 Å². The van der Waals surface area contributed by atoms with E-state index in [4.69, 9.17) is 0 Å². The van der Waals surface area contributed by atoms with Gasteiger partial charge in [-0.2, -0.15) is 5.10 Å². The lowest BCUT2D eigenvalue weighted by molar-refractivity contribution is 0.241. The topological polar surface area (TPSA) is 86.6 Å². The van der Waals surface area contributed by atoms with Crippen LogP contribution in [-0.4, -0.2) is 28.4 Å². The Bertz CT molecular complexity index is 656. The molecule has 3 N–H and O–H groups in total. The standard InChI is InChI=1S/C16H18N4O2/c1-12(14-7-2-3-8-15(14)21)19-20-16(22)18-11-9-13-6-4-5-10-17-13/h2-8,10,21H,9,11H2,1H3,(H2,18,20,22)/b19-12+. The van der Waals surface area contributed by atoms with Gasteiger partial charge in [0.25, 0.3) is 0 Å². The Morgan fingerprint density at radius 2 is 2.00 bits per heavy atom. The molecule has 0 spiro atoms. The predicted molar refractivity (Wildman–Crippen MR) is 84.8 cm³/mol. The van der Waals surface area contributed by atoms with Gasteiger partial charge in [-0.3, -0.25) is 4.98 Å². The molecule has 1 aromatic heterocycles. The molecule has 2 amide bonds. The number of amides is 2. The van der Waals surface area contributed by atoms with Crippen molar-refractivity contribution >= 4 is 11.7 Å². The fourth-order valence-electron chi connectivity index (χ4n) is 1.86. The normalized spacial score (nSPS) is 11.0. The van der Waals surface area contributed by atoms with Gasteiger partial charge in [0.05, 0.1) is 5.71 Å². The van der Waals surface area contributed by atoms with E-state index >= 15 is 0 Å². The molecule has 6 nitrogen and oxygen atoms in total. The smallest absolute Gasteiger partial charge is 0.335 e. The number of carbonyl (C=O) groups is 1. The van der Waals surface area contributed by atoms with Gasteiger partial charge in [0.2, 0.25) is 0 Å². The molecule has 0 fully saturated rings. The molecule has 0 atom stereocenters. The van der Waals surface area contributed by atoms with Crippen LogP contribution in [0, 0.1) is 0 Å². The zero-order valence-electron chi connectivity index (χ0n) is 12.3. The molecule has 0 bridgehead atoms. The number of urea groups is 1. The van der Waals surface area contributed by atoms with Gasteiger partial charge in [0, 0.05) is 30.4 Å². The number of para-hydroxylation sites is 1. The summed E-state index contributed by atoms with van der Waals surface area (Å²) >= 11 is 0. The number of carbonyl (C=O) groups excluding carboxylic acids is 1. The van der Waals surface area contributed by atoms with E-state index in [2.05, 4.69) is 20.8 Å². The molecule has 0 aliphatic heterocycles. The molecule has 0 aliphatic rings. The van der Waals surface area contributed by atoms with Crippen molar-refractivity contribution in [3.63, 3.8) is 0 Å². The highest BCUT2D eigenvalue weighted by molar-refractivity contribution is 6.01. The van der Waals surface area contributed by atoms with Crippen molar-refractivity contribution in [1.29, 1.82) is 0 Å². The van der Waals surface area contributed by atoms with Gasteiger partial charge in [-0.25, -0.2) is 10.2 Å². The number of phenols is 1. The van der Waals surface area contributed by atoms with Gasteiger partial charge in [-0.1, -0.05) is 18.2 Å². The van der Waals surface area contributed by atoms with Crippen LogP contribution in [0.15, 0.2) is 53.8 Å². The van der Waals surface area contributed by atoms with Crippen LogP contribution >= 0.6 is 0 Å². The van der Waals surface area contributed by atoms with E-state index in [1.54, 1.807) is 37.4 Å². The average Bonchev–Trinajstić information content (AvgIpc) is 2.54. The molecule has 0 aliphatic carbocycles. The Kier molecular flexibility index (Phi) is 5.48. The molecule has 0 saturated heterocycles. The van der Waals surface area contributed by atoms with Crippen LogP contribution in [0.5, 0.6) is 5.75 Å². The number of aromatic nitrogens is 1. The van der Waals surface area contributed by atoms with Crippen molar-refractivity contribution in [2.24, 2.45) is 5.10 Å². The van der Waals surface area contributed by atoms with E-state index in [-0.39, 0.29) is 5.75 Å². The number of aromatic hydroxyl groups is 1. The van der Waals surface area contributed by atoms with E-state index in [9.17, 15) is 9.90 Å². The molecule has 1 heterocycles. The molecule has 0 unspecified atom stereocenters. The lowest BCUT2D eigenvalue weighted by Gasteiger charge is -2.06. The summed E-state index contributed by atoms with van der Waals surface area (Å²) in [5.41, 5.74) is 4.42. The Morgan fingerprint density at radius 1 is 1.23 bits per heavy atom. The highest BCUT2D eigenvalue weighted by Gasteiger charge is 2.04. The molecular formula is C16H18N4O2. The first-order valence-electron chi connectivity index (χ1n) is 6.93. The molecule has 6 heteroatoms. The summed E-state index contributed by atoms with van der Waals surface area (Å²) in [5, 5.41) is 16.4. The largest absolute Gasteiger partial charge is 0.507 e. The summed E-state index contributed by atoms with van der Waals surface area (Å²) in [7, 11) is 0. The maximum absolute atomic E-state index is 11.6. The number of rotatable bonds is 5. The van der Waals surface area contributed by atoms with Crippen LogP contribution in [0.2, 0.25) is 0 Å². The monoisotopic (exact) mass is 298 g/mol. The maximum Gasteiger partial charge on any atom is 0.335 e. The summed E-state index contributed by atoms with van der Waals surface area (Å²) in [6.45, 7) is 2.18. The number of phenolic OH excluding ortho intramolecular Hbond substituents is 1. The van der Waals surface area contributed by atoms with E-state index in [0.717, 1.165) is 5.69 Å². The number of hydrogen-bond acceptors (Lipinski definition) is 4. The Labute approximate surface area is 128 Å². The second kappa shape index (κ2) is 7.78. The van der Waals surface area contributed by atoms with Crippen molar-refractivity contribution in [3.8, 4) is 5.75 Å². The van der Waals surface area contributed by atoms with Gasteiger partial charge in [0.1, 0.15) is 5.75 Å². The quantitative estimate of drug-likeness (QED) is 0.583. The van der Waals surface area contributed by atoms with E-state index in [0.29, 0.717) is 24.2 Å². The molecule has 114 valence electrons. The van der Waals surface area contributed by atoms with Crippen molar-refractivity contribution in [1.82, 2.24) is 15.7 Å². The van der Waals surface area contributed by atoms with Crippen LogP contribution in [0.25, 0.3) is 0 Å². The SMILES string of the molecule is C/C(=N\NC(=O)NCCc1ccccn1)c1ccccc1O. The summed E-state index contributed by atoms with van der Waals surface area (Å²) in [6.07, 6.45) is 2.37. The number of hydrogen-bond donors (Lipinski definition) is 3. The number of nitrogens with zero attached hydrogens (tertiary/aromatic N) is 2. The van der Waals surface area contributed by atoms with Crippen molar-refractivity contribution < 1.29 is 9.90 Å². The molecule has 0 saturated carbocycles. The third-order valence-electron chi connectivity index (χ3n) is 3.01. The summed E-state index contributed by atoms with van der Waals surface area (Å²) in [6, 6.07) is 12.1. The van der Waals surface area contributed by atoms with Crippen molar-refractivity contribution in [2.75, 3.05) is 6.54 Å². The van der Waals surface area contributed by atoms with Crippen LogP contribution in [0.3, 0.4) is 0 Å². The summed E-state index contributed by atoms with van der Waals surface area (Å²) in [4.78, 5) is 15.8. The van der Waals surface area contributed by atoms with Crippen LogP contribution in [0.4, 0.5) is 4.79 Å². The van der Waals surface area contributed by atoms with Gasteiger partial charge >= 0.3 is 6.03 Å². The fourth-order valence-corrected chi connectivity index (χ4v) is 1.86. The Balaban J connectivity index is 1.80.